The van der Waals surface area contributed by atoms with Crippen LogP contribution in [0.25, 0.3) is 11.0 Å². The summed E-state index contributed by atoms with van der Waals surface area (Å²) in [4.78, 5) is 14.8. The van der Waals surface area contributed by atoms with Gasteiger partial charge in [0.15, 0.2) is 11.5 Å². The van der Waals surface area contributed by atoms with Gasteiger partial charge >= 0.3 is 5.63 Å². The summed E-state index contributed by atoms with van der Waals surface area (Å²) in [5.74, 6) is 2.58. The molecule has 0 saturated heterocycles. The van der Waals surface area contributed by atoms with Crippen molar-refractivity contribution in [3.05, 3.63) is 57.4 Å². The van der Waals surface area contributed by atoms with Crippen molar-refractivity contribution in [2.24, 2.45) is 0 Å². The van der Waals surface area contributed by atoms with Crippen LogP contribution < -0.4 is 24.6 Å². The first-order valence-electron chi connectivity index (χ1n) is 11.3. The van der Waals surface area contributed by atoms with E-state index in [0.29, 0.717) is 17.1 Å². The van der Waals surface area contributed by atoms with Crippen molar-refractivity contribution < 1.29 is 23.4 Å². The fourth-order valence-electron chi connectivity index (χ4n) is 4.60. The van der Waals surface area contributed by atoms with E-state index in [-0.39, 0.29) is 12.7 Å². The lowest BCUT2D eigenvalue weighted by molar-refractivity contribution is 0.174. The lowest BCUT2D eigenvalue weighted by atomic mass is 9.85. The first kappa shape index (κ1) is 23.0. The summed E-state index contributed by atoms with van der Waals surface area (Å²) in [7, 11) is 3.23. The van der Waals surface area contributed by atoms with Gasteiger partial charge in [-0.1, -0.05) is 19.9 Å². The predicted octanol–water partition coefficient (Wildman–Crippen LogP) is 4.71. The third kappa shape index (κ3) is 4.37. The molecule has 2 heterocycles. The summed E-state index contributed by atoms with van der Waals surface area (Å²) < 4.78 is 28.5. The van der Waals surface area contributed by atoms with Crippen molar-refractivity contribution in [1.29, 1.82) is 0 Å². The van der Waals surface area contributed by atoms with Gasteiger partial charge in [0, 0.05) is 23.6 Å². The zero-order chi connectivity index (χ0) is 23.5. The number of hydrogen-bond donors (Lipinski definition) is 0. The lowest BCUT2D eigenvalue weighted by Crippen LogP contribution is -2.25. The fraction of sp³-hybridized carbons (Fsp3) is 0.423. The number of rotatable bonds is 9. The molecule has 2 aromatic carbocycles. The van der Waals surface area contributed by atoms with Gasteiger partial charge in [-0.15, -0.1) is 0 Å². The van der Waals surface area contributed by atoms with E-state index in [9.17, 15) is 4.79 Å². The van der Waals surface area contributed by atoms with E-state index >= 15 is 0 Å². The van der Waals surface area contributed by atoms with E-state index in [1.807, 2.05) is 31.2 Å². The Kier molecular flexibility index (Phi) is 6.79. The molecule has 0 saturated carbocycles. The normalized spacial score (nSPS) is 13.5. The third-order valence-electron chi connectivity index (χ3n) is 6.39. The standard InChI is InChI=1S/C26H31NO6/c1-6-27(7-2)11-10-18(17-8-9-19-20(13-17)32-15-31-19)25-22(30-5)14-21(29-4)24-16(3)12-23(28)33-26(24)25/h8-9,12-14,18H,6-7,10-11,15H2,1-5H3. The molecule has 0 radical (unpaired) electrons. The van der Waals surface area contributed by atoms with Crippen LogP contribution in [0.1, 0.15) is 42.9 Å². The minimum absolute atomic E-state index is 0.103. The molecule has 3 aromatic rings. The number of methoxy groups -OCH3 is 2. The first-order chi connectivity index (χ1) is 16.0. The molecule has 0 fully saturated rings. The summed E-state index contributed by atoms with van der Waals surface area (Å²) in [5, 5.41) is 0.779. The largest absolute Gasteiger partial charge is 0.496 e. The number of fused-ring (bicyclic) bond motifs is 2. The summed E-state index contributed by atoms with van der Waals surface area (Å²) in [6, 6.07) is 9.36. The quantitative estimate of drug-likeness (QED) is 0.435. The molecule has 4 rings (SSSR count). The lowest BCUT2D eigenvalue weighted by Gasteiger charge is -2.26. The SMILES string of the molecule is CCN(CC)CCC(c1ccc2c(c1)OCO2)c1c(OC)cc(OC)c2c(C)cc(=O)oc12. The van der Waals surface area contributed by atoms with Crippen LogP contribution in [-0.2, 0) is 0 Å². The molecule has 7 heteroatoms. The van der Waals surface area contributed by atoms with Gasteiger partial charge in [0.1, 0.15) is 17.1 Å². The maximum atomic E-state index is 12.4. The molecule has 0 spiro atoms. The molecule has 0 bridgehead atoms. The zero-order valence-corrected chi connectivity index (χ0v) is 19.9. The van der Waals surface area contributed by atoms with Crippen LogP contribution in [0.2, 0.25) is 0 Å². The number of benzene rings is 2. The average molecular weight is 454 g/mol. The highest BCUT2D eigenvalue weighted by Crippen LogP contribution is 2.45. The van der Waals surface area contributed by atoms with Crippen molar-refractivity contribution in [3.8, 4) is 23.0 Å². The highest BCUT2D eigenvalue weighted by Gasteiger charge is 2.28. The van der Waals surface area contributed by atoms with E-state index in [4.69, 9.17) is 23.4 Å². The van der Waals surface area contributed by atoms with Crippen LogP contribution >= 0.6 is 0 Å². The van der Waals surface area contributed by atoms with Crippen LogP contribution in [0.15, 0.2) is 39.5 Å². The number of ether oxygens (including phenoxy) is 4. The van der Waals surface area contributed by atoms with Crippen LogP contribution in [-0.4, -0.2) is 45.5 Å². The van der Waals surface area contributed by atoms with Crippen LogP contribution in [0.4, 0.5) is 0 Å². The van der Waals surface area contributed by atoms with E-state index in [1.54, 1.807) is 14.2 Å². The van der Waals surface area contributed by atoms with Gasteiger partial charge in [-0.2, -0.15) is 0 Å². The van der Waals surface area contributed by atoms with E-state index in [1.165, 1.54) is 6.07 Å². The zero-order valence-electron chi connectivity index (χ0n) is 19.9. The molecular formula is C26H31NO6. The summed E-state index contributed by atoms with van der Waals surface area (Å²) in [6.45, 7) is 9.21. The minimum atomic E-state index is -0.398. The summed E-state index contributed by atoms with van der Waals surface area (Å²) in [5.41, 5.74) is 2.78. The van der Waals surface area contributed by atoms with E-state index < -0.39 is 5.63 Å². The Morgan fingerprint density at radius 1 is 1.00 bits per heavy atom. The van der Waals surface area contributed by atoms with Gasteiger partial charge in [0.2, 0.25) is 6.79 Å². The van der Waals surface area contributed by atoms with Crippen molar-refractivity contribution in [3.63, 3.8) is 0 Å². The average Bonchev–Trinajstić information content (AvgIpc) is 3.29. The molecule has 0 amide bonds. The van der Waals surface area contributed by atoms with Gasteiger partial charge in [-0.25, -0.2) is 4.79 Å². The Hall–Kier alpha value is -3.19. The molecule has 33 heavy (non-hydrogen) atoms. The van der Waals surface area contributed by atoms with E-state index in [0.717, 1.165) is 59.6 Å². The molecule has 176 valence electrons. The monoisotopic (exact) mass is 453 g/mol. The van der Waals surface area contributed by atoms with Gasteiger partial charge < -0.3 is 28.3 Å². The summed E-state index contributed by atoms with van der Waals surface area (Å²) >= 11 is 0. The van der Waals surface area contributed by atoms with Crippen molar-refractivity contribution >= 4 is 11.0 Å². The van der Waals surface area contributed by atoms with Crippen molar-refractivity contribution in [2.75, 3.05) is 40.6 Å². The Morgan fingerprint density at radius 2 is 1.73 bits per heavy atom. The number of hydrogen-bond acceptors (Lipinski definition) is 7. The maximum absolute atomic E-state index is 12.4. The first-order valence-corrected chi connectivity index (χ1v) is 11.3. The van der Waals surface area contributed by atoms with Crippen molar-refractivity contribution in [1.82, 2.24) is 4.90 Å². The highest BCUT2D eigenvalue weighted by molar-refractivity contribution is 5.92. The van der Waals surface area contributed by atoms with Crippen LogP contribution in [0.3, 0.4) is 0 Å². The van der Waals surface area contributed by atoms with Gasteiger partial charge in [-0.3, -0.25) is 0 Å². The molecular weight excluding hydrogens is 422 g/mol. The Balaban J connectivity index is 1.96. The van der Waals surface area contributed by atoms with Gasteiger partial charge in [-0.05, 0) is 56.2 Å². The van der Waals surface area contributed by atoms with Gasteiger partial charge in [0.05, 0.1) is 19.6 Å². The van der Waals surface area contributed by atoms with Crippen LogP contribution in [0, 0.1) is 6.92 Å². The summed E-state index contributed by atoms with van der Waals surface area (Å²) in [6.07, 6.45) is 0.802. The number of aryl methyl sites for hydroxylation is 1. The fourth-order valence-corrected chi connectivity index (χ4v) is 4.60. The third-order valence-corrected chi connectivity index (χ3v) is 6.39. The smallest absolute Gasteiger partial charge is 0.336 e. The van der Waals surface area contributed by atoms with E-state index in [2.05, 4.69) is 18.7 Å². The molecule has 1 atom stereocenters. The maximum Gasteiger partial charge on any atom is 0.336 e. The molecule has 1 aromatic heterocycles. The topological polar surface area (TPSA) is 70.4 Å². The molecule has 0 aliphatic carbocycles. The van der Waals surface area contributed by atoms with Gasteiger partial charge in [0.25, 0.3) is 0 Å². The second kappa shape index (κ2) is 9.75. The molecule has 1 aliphatic heterocycles. The molecule has 0 N–H and O–H groups in total. The Bertz CT molecular complexity index is 1200. The predicted molar refractivity (Wildman–Crippen MR) is 127 cm³/mol. The molecule has 1 unspecified atom stereocenters. The highest BCUT2D eigenvalue weighted by atomic mass is 16.7. The van der Waals surface area contributed by atoms with Crippen molar-refractivity contribution in [2.45, 2.75) is 33.1 Å². The second-order valence-corrected chi connectivity index (χ2v) is 8.13. The number of nitrogens with zero attached hydrogens (tertiary/aromatic N) is 1. The second-order valence-electron chi connectivity index (χ2n) is 8.13. The minimum Gasteiger partial charge on any atom is -0.496 e. The Morgan fingerprint density at radius 3 is 2.42 bits per heavy atom. The van der Waals surface area contributed by atoms with Crippen LogP contribution in [0.5, 0.6) is 23.0 Å². The Labute approximate surface area is 193 Å². The molecule has 1 aliphatic rings. The molecule has 7 nitrogen and oxygen atoms in total.